The highest BCUT2D eigenvalue weighted by molar-refractivity contribution is 5.98. The first-order chi connectivity index (χ1) is 12.8. The van der Waals surface area contributed by atoms with Crippen molar-refractivity contribution in [1.29, 1.82) is 0 Å². The second-order valence-corrected chi connectivity index (χ2v) is 6.84. The molecule has 0 radical (unpaired) electrons. The molecule has 2 aromatic rings. The number of nitrogens with one attached hydrogen (secondary N) is 1. The van der Waals surface area contributed by atoms with E-state index < -0.39 is 17.7 Å². The molecule has 0 amide bonds. The molecule has 0 bridgehead atoms. The summed E-state index contributed by atoms with van der Waals surface area (Å²) in [5.41, 5.74) is 0.300. The lowest BCUT2D eigenvalue weighted by molar-refractivity contribution is -0.141. The first-order valence-electron chi connectivity index (χ1n) is 8.92. The van der Waals surface area contributed by atoms with E-state index in [0.29, 0.717) is 11.6 Å². The first kappa shape index (κ1) is 19.5. The number of pyridine rings is 1. The maximum absolute atomic E-state index is 13.0. The average molecular weight is 377 g/mol. The fourth-order valence-electron chi connectivity index (χ4n) is 3.25. The summed E-state index contributed by atoms with van der Waals surface area (Å²) in [7, 11) is 0. The highest BCUT2D eigenvalue weighted by Gasteiger charge is 2.36. The zero-order valence-corrected chi connectivity index (χ0v) is 15.1. The molecule has 1 aliphatic heterocycles. The van der Waals surface area contributed by atoms with Crippen LogP contribution in [0.3, 0.4) is 0 Å². The van der Waals surface area contributed by atoms with E-state index in [-0.39, 0.29) is 12.0 Å². The molecule has 0 aliphatic carbocycles. The maximum atomic E-state index is 13.0. The molecule has 1 saturated heterocycles. The Morgan fingerprint density at radius 3 is 2.59 bits per heavy atom. The molecule has 0 saturated carbocycles. The lowest BCUT2D eigenvalue weighted by atomic mass is 10.0. The summed E-state index contributed by atoms with van der Waals surface area (Å²) >= 11 is 0. The van der Waals surface area contributed by atoms with Gasteiger partial charge >= 0.3 is 6.18 Å². The average Bonchev–Trinajstić information content (AvgIpc) is 2.64. The molecule has 1 fully saturated rings. The Kier molecular flexibility index (Phi) is 5.92. The number of nitrogens with zero attached hydrogens (tertiary/aromatic N) is 2. The lowest BCUT2D eigenvalue weighted by Gasteiger charge is -2.33. The van der Waals surface area contributed by atoms with E-state index in [4.69, 9.17) is 0 Å². The van der Waals surface area contributed by atoms with Gasteiger partial charge in [0.05, 0.1) is 0 Å². The van der Waals surface area contributed by atoms with Gasteiger partial charge in [0.15, 0.2) is 11.5 Å². The van der Waals surface area contributed by atoms with E-state index in [0.717, 1.165) is 37.9 Å². The van der Waals surface area contributed by atoms with Crippen molar-refractivity contribution in [3.05, 3.63) is 65.0 Å². The van der Waals surface area contributed by atoms with Gasteiger partial charge in [0, 0.05) is 50.4 Å². The number of rotatable bonds is 5. The minimum Gasteiger partial charge on any atom is -0.314 e. The molecule has 144 valence electrons. The Morgan fingerprint density at radius 1 is 1.22 bits per heavy atom. The number of hydrogen-bond acceptors (Lipinski definition) is 4. The van der Waals surface area contributed by atoms with Crippen LogP contribution in [0.2, 0.25) is 0 Å². The van der Waals surface area contributed by atoms with Gasteiger partial charge in [-0.15, -0.1) is 0 Å². The van der Waals surface area contributed by atoms with Crippen LogP contribution in [-0.4, -0.2) is 41.3 Å². The molecule has 1 aromatic carbocycles. The van der Waals surface area contributed by atoms with Crippen LogP contribution in [0.5, 0.6) is 0 Å². The third-order valence-electron chi connectivity index (χ3n) is 4.79. The smallest absolute Gasteiger partial charge is 0.314 e. The molecule has 1 aromatic heterocycles. The molecule has 7 heteroatoms. The Bertz CT molecular complexity index is 790. The summed E-state index contributed by atoms with van der Waals surface area (Å²) in [6.07, 6.45) is -3.68. The SMILES string of the molecule is C[C@@H]1CNCCN1Cc1ccc(CC(=O)c2cccnc2C(F)(F)F)cc1. The second kappa shape index (κ2) is 8.19. The Balaban J connectivity index is 1.67. The summed E-state index contributed by atoms with van der Waals surface area (Å²) in [6, 6.07) is 10.5. The molecular weight excluding hydrogens is 355 g/mol. The number of hydrogen-bond donors (Lipinski definition) is 1. The van der Waals surface area contributed by atoms with E-state index in [1.807, 2.05) is 24.3 Å². The molecular formula is C20H22F3N3O. The molecule has 4 nitrogen and oxygen atoms in total. The number of piperazine rings is 1. The van der Waals surface area contributed by atoms with Gasteiger partial charge in [0.1, 0.15) is 0 Å². The van der Waals surface area contributed by atoms with Gasteiger partial charge in [-0.3, -0.25) is 14.7 Å². The van der Waals surface area contributed by atoms with Gasteiger partial charge in [0.2, 0.25) is 0 Å². The van der Waals surface area contributed by atoms with Crippen LogP contribution < -0.4 is 5.32 Å². The van der Waals surface area contributed by atoms with Crippen LogP contribution >= 0.6 is 0 Å². The van der Waals surface area contributed by atoms with E-state index in [1.165, 1.54) is 12.1 Å². The summed E-state index contributed by atoms with van der Waals surface area (Å²) in [6.45, 7) is 5.88. The van der Waals surface area contributed by atoms with Gasteiger partial charge in [-0.05, 0) is 30.2 Å². The molecule has 27 heavy (non-hydrogen) atoms. The fraction of sp³-hybridized carbons (Fsp3) is 0.400. The van der Waals surface area contributed by atoms with Gasteiger partial charge < -0.3 is 5.32 Å². The summed E-state index contributed by atoms with van der Waals surface area (Å²) in [5, 5.41) is 3.35. The van der Waals surface area contributed by atoms with Crippen LogP contribution in [0.1, 0.15) is 34.1 Å². The number of ketones is 1. The number of carbonyl (C=O) groups is 1. The Labute approximate surface area is 156 Å². The summed E-state index contributed by atoms with van der Waals surface area (Å²) in [4.78, 5) is 18.1. The van der Waals surface area contributed by atoms with Crippen molar-refractivity contribution < 1.29 is 18.0 Å². The van der Waals surface area contributed by atoms with Crippen LogP contribution in [0.4, 0.5) is 13.2 Å². The number of carbonyl (C=O) groups excluding carboxylic acids is 1. The molecule has 0 unspecified atom stereocenters. The monoisotopic (exact) mass is 377 g/mol. The van der Waals surface area contributed by atoms with Gasteiger partial charge in [0.25, 0.3) is 0 Å². The van der Waals surface area contributed by atoms with Crippen LogP contribution in [0, 0.1) is 0 Å². The molecule has 1 atom stereocenters. The minimum absolute atomic E-state index is 0.0842. The zero-order valence-electron chi connectivity index (χ0n) is 15.1. The maximum Gasteiger partial charge on any atom is 0.434 e. The first-order valence-corrected chi connectivity index (χ1v) is 8.92. The van der Waals surface area contributed by atoms with Crippen molar-refractivity contribution in [2.24, 2.45) is 0 Å². The normalized spacial score (nSPS) is 18.4. The van der Waals surface area contributed by atoms with Crippen LogP contribution in [0.25, 0.3) is 0 Å². The number of Topliss-reactive ketones (excluding diaryl/α,β-unsaturated/α-hetero) is 1. The molecule has 0 spiro atoms. The van der Waals surface area contributed by atoms with Crippen molar-refractivity contribution in [2.45, 2.75) is 32.1 Å². The van der Waals surface area contributed by atoms with Gasteiger partial charge in [-0.25, -0.2) is 0 Å². The predicted molar refractivity (Wildman–Crippen MR) is 96.5 cm³/mol. The standard InChI is InChI=1S/C20H22F3N3O/c1-14-12-24-9-10-26(14)13-16-6-4-15(5-7-16)11-18(27)17-3-2-8-25-19(17)20(21,22)23/h2-8,14,24H,9-13H2,1H3/t14-/m1/s1. The van der Waals surface area contributed by atoms with E-state index in [1.54, 1.807) is 0 Å². The topological polar surface area (TPSA) is 45.2 Å². The quantitative estimate of drug-likeness (QED) is 0.812. The molecule has 1 aliphatic rings. The third kappa shape index (κ3) is 4.93. The Hall–Kier alpha value is -2.25. The minimum atomic E-state index is -4.64. The van der Waals surface area contributed by atoms with Crippen molar-refractivity contribution in [3.8, 4) is 0 Å². The van der Waals surface area contributed by atoms with Crippen LogP contribution in [0.15, 0.2) is 42.6 Å². The van der Waals surface area contributed by atoms with Crippen molar-refractivity contribution in [3.63, 3.8) is 0 Å². The number of halogens is 3. The molecule has 2 heterocycles. The van der Waals surface area contributed by atoms with E-state index >= 15 is 0 Å². The van der Waals surface area contributed by atoms with E-state index in [9.17, 15) is 18.0 Å². The van der Waals surface area contributed by atoms with Crippen molar-refractivity contribution in [2.75, 3.05) is 19.6 Å². The highest BCUT2D eigenvalue weighted by atomic mass is 19.4. The van der Waals surface area contributed by atoms with Crippen molar-refractivity contribution in [1.82, 2.24) is 15.2 Å². The number of aromatic nitrogens is 1. The number of alkyl halides is 3. The Morgan fingerprint density at radius 2 is 1.93 bits per heavy atom. The number of benzene rings is 1. The fourth-order valence-corrected chi connectivity index (χ4v) is 3.25. The molecule has 3 rings (SSSR count). The summed E-state index contributed by atoms with van der Waals surface area (Å²) in [5.74, 6) is -0.584. The second-order valence-electron chi connectivity index (χ2n) is 6.84. The van der Waals surface area contributed by atoms with E-state index in [2.05, 4.69) is 22.1 Å². The van der Waals surface area contributed by atoms with Gasteiger partial charge in [-0.1, -0.05) is 24.3 Å². The summed E-state index contributed by atoms with van der Waals surface area (Å²) < 4.78 is 39.1. The highest BCUT2D eigenvalue weighted by Crippen LogP contribution is 2.30. The largest absolute Gasteiger partial charge is 0.434 e. The molecule has 1 N–H and O–H groups in total. The van der Waals surface area contributed by atoms with Crippen molar-refractivity contribution >= 4 is 5.78 Å². The zero-order chi connectivity index (χ0) is 19.4. The predicted octanol–water partition coefficient (Wildman–Crippen LogP) is 3.32. The van der Waals surface area contributed by atoms with Crippen LogP contribution in [-0.2, 0) is 19.1 Å². The lowest BCUT2D eigenvalue weighted by Crippen LogP contribution is -2.49. The van der Waals surface area contributed by atoms with Gasteiger partial charge in [-0.2, -0.15) is 13.2 Å². The third-order valence-corrected chi connectivity index (χ3v) is 4.79.